The molecular formula is C14H15N5O2. The van der Waals surface area contributed by atoms with Crippen molar-refractivity contribution in [2.24, 2.45) is 5.84 Å². The summed E-state index contributed by atoms with van der Waals surface area (Å²) in [4.78, 5) is 14.3. The first-order chi connectivity index (χ1) is 10.3. The number of nitrogens with one attached hydrogen (secondary N) is 1. The van der Waals surface area contributed by atoms with E-state index in [1.807, 2.05) is 24.3 Å². The Morgan fingerprint density at radius 2 is 2.10 bits per heavy atom. The Bertz CT molecular complexity index is 644. The molecule has 2 heterocycles. The zero-order valence-corrected chi connectivity index (χ0v) is 11.3. The number of fused-ring (bicyclic) bond motifs is 1. The minimum Gasteiger partial charge on any atom is -0.491 e. The number of para-hydroxylation sites is 2. The third-order valence-electron chi connectivity index (χ3n) is 3.22. The monoisotopic (exact) mass is 285 g/mol. The van der Waals surface area contributed by atoms with Crippen molar-refractivity contribution in [2.75, 3.05) is 23.5 Å². The Balaban J connectivity index is 1.93. The highest BCUT2D eigenvalue weighted by molar-refractivity contribution is 6.05. The fourth-order valence-electron chi connectivity index (χ4n) is 2.20. The first-order valence-corrected chi connectivity index (χ1v) is 6.63. The van der Waals surface area contributed by atoms with Crippen molar-refractivity contribution in [2.45, 2.75) is 6.42 Å². The highest BCUT2D eigenvalue weighted by Crippen LogP contribution is 2.31. The van der Waals surface area contributed by atoms with E-state index in [-0.39, 0.29) is 11.6 Å². The molecule has 3 N–H and O–H groups in total. The van der Waals surface area contributed by atoms with Gasteiger partial charge in [-0.1, -0.05) is 12.1 Å². The number of hydrogen-bond donors (Lipinski definition) is 2. The number of carbonyl (C=O) groups excluding carboxylic acids is 1. The van der Waals surface area contributed by atoms with E-state index in [2.05, 4.69) is 15.6 Å². The minimum atomic E-state index is -0.205. The van der Waals surface area contributed by atoms with Crippen molar-refractivity contribution in [1.82, 2.24) is 10.2 Å². The van der Waals surface area contributed by atoms with Crippen LogP contribution in [-0.4, -0.2) is 29.3 Å². The summed E-state index contributed by atoms with van der Waals surface area (Å²) in [6, 6.07) is 10.7. The van der Waals surface area contributed by atoms with Gasteiger partial charge in [0.15, 0.2) is 11.5 Å². The Morgan fingerprint density at radius 3 is 2.86 bits per heavy atom. The van der Waals surface area contributed by atoms with Crippen LogP contribution in [0, 0.1) is 0 Å². The molecule has 0 spiro atoms. The molecule has 0 unspecified atom stereocenters. The van der Waals surface area contributed by atoms with Gasteiger partial charge in [-0.3, -0.25) is 4.79 Å². The lowest BCUT2D eigenvalue weighted by Gasteiger charge is -2.21. The van der Waals surface area contributed by atoms with E-state index < -0.39 is 0 Å². The van der Waals surface area contributed by atoms with Crippen molar-refractivity contribution in [3.05, 3.63) is 42.1 Å². The van der Waals surface area contributed by atoms with Crippen LogP contribution in [0.5, 0.6) is 5.75 Å². The number of aromatic nitrogens is 2. The molecule has 0 fully saturated rings. The molecule has 1 amide bonds. The van der Waals surface area contributed by atoms with E-state index in [0.717, 1.165) is 12.1 Å². The molecule has 0 saturated heterocycles. The van der Waals surface area contributed by atoms with E-state index in [1.165, 1.54) is 0 Å². The summed E-state index contributed by atoms with van der Waals surface area (Å²) in [7, 11) is 0. The second-order valence-electron chi connectivity index (χ2n) is 4.57. The maximum Gasteiger partial charge on any atom is 0.278 e. The number of nitrogen functional groups attached to an aromatic ring is 1. The summed E-state index contributed by atoms with van der Waals surface area (Å²) in [5.74, 6) is 6.15. The van der Waals surface area contributed by atoms with Gasteiger partial charge in [0, 0.05) is 6.54 Å². The van der Waals surface area contributed by atoms with Gasteiger partial charge < -0.3 is 15.1 Å². The van der Waals surface area contributed by atoms with Crippen molar-refractivity contribution in [3.8, 4) is 5.75 Å². The van der Waals surface area contributed by atoms with E-state index in [9.17, 15) is 4.79 Å². The molecule has 0 aliphatic carbocycles. The lowest BCUT2D eigenvalue weighted by Crippen LogP contribution is -2.32. The van der Waals surface area contributed by atoms with Crippen LogP contribution in [-0.2, 0) is 0 Å². The van der Waals surface area contributed by atoms with Gasteiger partial charge in [-0.05, 0) is 30.7 Å². The molecule has 3 rings (SSSR count). The standard InChI is InChI=1S/C14H15N5O2/c15-16-13-7-6-10(17-18-13)14(20)19-8-3-9-21-12-5-2-1-4-11(12)19/h1-2,4-7H,3,8-9,15H2,(H,16,18). The molecule has 0 radical (unpaired) electrons. The number of amides is 1. The second kappa shape index (κ2) is 5.76. The van der Waals surface area contributed by atoms with E-state index >= 15 is 0 Å². The normalized spacial score (nSPS) is 13.9. The molecule has 2 aromatic rings. The first-order valence-electron chi connectivity index (χ1n) is 6.63. The molecule has 7 heteroatoms. The molecule has 108 valence electrons. The van der Waals surface area contributed by atoms with E-state index in [0.29, 0.717) is 24.7 Å². The van der Waals surface area contributed by atoms with Gasteiger partial charge in [-0.15, -0.1) is 10.2 Å². The van der Waals surface area contributed by atoms with Crippen molar-refractivity contribution < 1.29 is 9.53 Å². The summed E-state index contributed by atoms with van der Waals surface area (Å²) in [5.41, 5.74) is 3.40. The second-order valence-corrected chi connectivity index (χ2v) is 4.57. The van der Waals surface area contributed by atoms with Gasteiger partial charge in [0.2, 0.25) is 0 Å². The van der Waals surface area contributed by atoms with Crippen LogP contribution in [0.3, 0.4) is 0 Å². The van der Waals surface area contributed by atoms with Crippen LogP contribution in [0.1, 0.15) is 16.9 Å². The fourth-order valence-corrected chi connectivity index (χ4v) is 2.20. The van der Waals surface area contributed by atoms with Crippen LogP contribution in [0.15, 0.2) is 36.4 Å². The number of ether oxygens (including phenoxy) is 1. The van der Waals surface area contributed by atoms with Gasteiger partial charge in [-0.25, -0.2) is 5.84 Å². The molecule has 0 bridgehead atoms. The number of carbonyl (C=O) groups is 1. The number of rotatable bonds is 2. The van der Waals surface area contributed by atoms with Gasteiger partial charge in [0.05, 0.1) is 12.3 Å². The number of nitrogens with two attached hydrogens (primary N) is 1. The van der Waals surface area contributed by atoms with Gasteiger partial charge in [-0.2, -0.15) is 0 Å². The molecule has 1 aromatic carbocycles. The molecular weight excluding hydrogens is 270 g/mol. The third-order valence-corrected chi connectivity index (χ3v) is 3.22. The predicted octanol–water partition coefficient (Wildman–Crippen LogP) is 1.19. The Labute approximate surface area is 121 Å². The maximum absolute atomic E-state index is 12.6. The zero-order valence-electron chi connectivity index (χ0n) is 11.3. The van der Waals surface area contributed by atoms with Crippen molar-refractivity contribution in [3.63, 3.8) is 0 Å². The largest absolute Gasteiger partial charge is 0.491 e. The number of anilines is 2. The quantitative estimate of drug-likeness (QED) is 0.636. The number of nitrogens with zero attached hydrogens (tertiary/aromatic N) is 3. The van der Waals surface area contributed by atoms with Crippen LogP contribution in [0.2, 0.25) is 0 Å². The Kier molecular flexibility index (Phi) is 3.65. The van der Waals surface area contributed by atoms with Gasteiger partial charge in [0.25, 0.3) is 5.91 Å². The smallest absolute Gasteiger partial charge is 0.278 e. The van der Waals surface area contributed by atoms with Crippen LogP contribution < -0.4 is 20.9 Å². The lowest BCUT2D eigenvalue weighted by atomic mass is 10.2. The highest BCUT2D eigenvalue weighted by atomic mass is 16.5. The molecule has 0 saturated carbocycles. The topological polar surface area (TPSA) is 93.4 Å². The first kappa shape index (κ1) is 13.3. The predicted molar refractivity (Wildman–Crippen MR) is 78.1 cm³/mol. The molecule has 1 aliphatic rings. The van der Waals surface area contributed by atoms with Crippen LogP contribution in [0.25, 0.3) is 0 Å². The summed E-state index contributed by atoms with van der Waals surface area (Å²) in [5, 5.41) is 7.73. The van der Waals surface area contributed by atoms with E-state index in [1.54, 1.807) is 17.0 Å². The van der Waals surface area contributed by atoms with Gasteiger partial charge >= 0.3 is 0 Å². The summed E-state index contributed by atoms with van der Waals surface area (Å²) in [6.07, 6.45) is 0.760. The molecule has 0 atom stereocenters. The maximum atomic E-state index is 12.6. The summed E-state index contributed by atoms with van der Waals surface area (Å²) >= 11 is 0. The lowest BCUT2D eigenvalue weighted by molar-refractivity contribution is 0.0981. The molecule has 21 heavy (non-hydrogen) atoms. The average Bonchev–Trinajstić information content (AvgIpc) is 2.77. The van der Waals surface area contributed by atoms with Crippen molar-refractivity contribution >= 4 is 17.4 Å². The Hall–Kier alpha value is -2.67. The van der Waals surface area contributed by atoms with Gasteiger partial charge in [0.1, 0.15) is 5.75 Å². The number of hydrazine groups is 1. The fraction of sp³-hybridized carbons (Fsp3) is 0.214. The molecule has 1 aromatic heterocycles. The van der Waals surface area contributed by atoms with Crippen LogP contribution >= 0.6 is 0 Å². The zero-order chi connectivity index (χ0) is 14.7. The molecule has 1 aliphatic heterocycles. The number of hydrogen-bond acceptors (Lipinski definition) is 6. The summed E-state index contributed by atoms with van der Waals surface area (Å²) in [6.45, 7) is 1.16. The minimum absolute atomic E-state index is 0.205. The van der Waals surface area contributed by atoms with E-state index in [4.69, 9.17) is 10.6 Å². The van der Waals surface area contributed by atoms with Crippen molar-refractivity contribution in [1.29, 1.82) is 0 Å². The summed E-state index contributed by atoms with van der Waals surface area (Å²) < 4.78 is 5.64. The van der Waals surface area contributed by atoms with Crippen LogP contribution in [0.4, 0.5) is 11.5 Å². The SMILES string of the molecule is NNc1ccc(C(=O)N2CCCOc3ccccc32)nn1. The Morgan fingerprint density at radius 1 is 1.24 bits per heavy atom. The third kappa shape index (κ3) is 2.63. The average molecular weight is 285 g/mol. The number of benzene rings is 1. The highest BCUT2D eigenvalue weighted by Gasteiger charge is 2.24. The molecule has 7 nitrogen and oxygen atoms in total.